The van der Waals surface area contributed by atoms with Gasteiger partial charge in [0.1, 0.15) is 11.3 Å². The zero-order valence-corrected chi connectivity index (χ0v) is 17.2. The largest absolute Gasteiger partial charge is 0.508 e. The number of rotatable bonds is 6. The van der Waals surface area contributed by atoms with E-state index in [2.05, 4.69) is 5.32 Å². The molecule has 156 valence electrons. The monoisotopic (exact) mass is 413 g/mol. The molecule has 0 saturated carbocycles. The van der Waals surface area contributed by atoms with E-state index in [1.54, 1.807) is 13.0 Å². The van der Waals surface area contributed by atoms with Crippen LogP contribution in [0.5, 0.6) is 5.75 Å². The van der Waals surface area contributed by atoms with E-state index in [0.717, 1.165) is 11.1 Å². The third-order valence-electron chi connectivity index (χ3n) is 5.52. The van der Waals surface area contributed by atoms with Crippen LogP contribution < -0.4 is 10.9 Å². The number of benzene rings is 3. The van der Waals surface area contributed by atoms with Crippen molar-refractivity contribution in [1.82, 2.24) is 5.32 Å². The second kappa shape index (κ2) is 8.88. The highest BCUT2D eigenvalue weighted by Crippen LogP contribution is 2.25. The molecule has 4 rings (SSSR count). The minimum absolute atomic E-state index is 0.00318. The zero-order chi connectivity index (χ0) is 21.8. The lowest BCUT2D eigenvalue weighted by atomic mass is 9.91. The SMILES string of the molecule is Cc1c(CC(=O)NCC(c2ccccc2)c2ccccc2)c(=O)oc2cc(O)ccc12. The molecule has 5 nitrogen and oxygen atoms in total. The Morgan fingerprint density at radius 2 is 1.58 bits per heavy atom. The number of hydrogen-bond acceptors (Lipinski definition) is 4. The molecule has 1 heterocycles. The molecule has 0 fully saturated rings. The summed E-state index contributed by atoms with van der Waals surface area (Å²) in [6, 6.07) is 24.6. The van der Waals surface area contributed by atoms with E-state index in [1.165, 1.54) is 12.1 Å². The van der Waals surface area contributed by atoms with E-state index in [1.807, 2.05) is 60.7 Å². The second-order valence-corrected chi connectivity index (χ2v) is 7.53. The highest BCUT2D eigenvalue weighted by molar-refractivity contribution is 5.85. The summed E-state index contributed by atoms with van der Waals surface area (Å²) in [4.78, 5) is 25.2. The summed E-state index contributed by atoms with van der Waals surface area (Å²) in [5.41, 5.74) is 2.97. The molecule has 2 N–H and O–H groups in total. The number of carbonyl (C=O) groups is 1. The van der Waals surface area contributed by atoms with Crippen LogP contribution in [-0.4, -0.2) is 17.6 Å². The van der Waals surface area contributed by atoms with Gasteiger partial charge in [-0.05, 0) is 35.7 Å². The third-order valence-corrected chi connectivity index (χ3v) is 5.52. The van der Waals surface area contributed by atoms with Gasteiger partial charge in [0.2, 0.25) is 5.91 Å². The smallest absolute Gasteiger partial charge is 0.340 e. The van der Waals surface area contributed by atoms with Crippen LogP contribution in [0.3, 0.4) is 0 Å². The molecular formula is C26H23NO4. The maximum absolute atomic E-state index is 12.7. The van der Waals surface area contributed by atoms with Gasteiger partial charge in [0, 0.05) is 23.9 Å². The Morgan fingerprint density at radius 1 is 0.968 bits per heavy atom. The molecule has 0 atom stereocenters. The van der Waals surface area contributed by atoms with Gasteiger partial charge in [0.15, 0.2) is 0 Å². The van der Waals surface area contributed by atoms with Gasteiger partial charge in [0.25, 0.3) is 0 Å². The average molecular weight is 413 g/mol. The fourth-order valence-corrected chi connectivity index (χ4v) is 3.82. The first kappa shape index (κ1) is 20.4. The quantitative estimate of drug-likeness (QED) is 0.462. The maximum Gasteiger partial charge on any atom is 0.340 e. The molecule has 1 aromatic heterocycles. The van der Waals surface area contributed by atoms with E-state index in [4.69, 9.17) is 4.42 Å². The lowest BCUT2D eigenvalue weighted by Gasteiger charge is -2.19. The topological polar surface area (TPSA) is 79.5 Å². The minimum Gasteiger partial charge on any atom is -0.508 e. The van der Waals surface area contributed by atoms with Gasteiger partial charge >= 0.3 is 5.63 Å². The van der Waals surface area contributed by atoms with Gasteiger partial charge in [-0.25, -0.2) is 4.79 Å². The average Bonchev–Trinajstić information content (AvgIpc) is 2.78. The summed E-state index contributed by atoms with van der Waals surface area (Å²) in [6.07, 6.45) is -0.0682. The molecule has 0 saturated heterocycles. The van der Waals surface area contributed by atoms with Crippen molar-refractivity contribution >= 4 is 16.9 Å². The van der Waals surface area contributed by atoms with Gasteiger partial charge in [-0.1, -0.05) is 60.7 Å². The molecule has 31 heavy (non-hydrogen) atoms. The number of carbonyl (C=O) groups excluding carboxylic acids is 1. The molecule has 0 aliphatic heterocycles. The summed E-state index contributed by atoms with van der Waals surface area (Å²) in [7, 11) is 0. The predicted molar refractivity (Wildman–Crippen MR) is 120 cm³/mol. The molecule has 4 aromatic rings. The normalized spacial score (nSPS) is 11.0. The van der Waals surface area contributed by atoms with Crippen molar-refractivity contribution in [1.29, 1.82) is 0 Å². The Labute approximate surface area is 180 Å². The Kier molecular flexibility index (Phi) is 5.85. The molecule has 3 aromatic carbocycles. The van der Waals surface area contributed by atoms with Crippen LogP contribution in [0, 0.1) is 6.92 Å². The fourth-order valence-electron chi connectivity index (χ4n) is 3.82. The molecule has 0 spiro atoms. The van der Waals surface area contributed by atoms with Crippen molar-refractivity contribution in [2.75, 3.05) is 6.54 Å². The fraction of sp³-hybridized carbons (Fsp3) is 0.154. The number of aryl methyl sites for hydroxylation is 1. The minimum atomic E-state index is -0.562. The van der Waals surface area contributed by atoms with Gasteiger partial charge in [-0.15, -0.1) is 0 Å². The van der Waals surface area contributed by atoms with Gasteiger partial charge < -0.3 is 14.8 Å². The van der Waals surface area contributed by atoms with E-state index in [9.17, 15) is 14.7 Å². The third kappa shape index (κ3) is 4.51. The van der Waals surface area contributed by atoms with Crippen molar-refractivity contribution in [2.24, 2.45) is 0 Å². The molecule has 0 aliphatic rings. The summed E-state index contributed by atoms with van der Waals surface area (Å²) < 4.78 is 5.32. The maximum atomic E-state index is 12.7. The van der Waals surface area contributed by atoms with Crippen LogP contribution in [0.15, 0.2) is 88.1 Å². The first-order chi connectivity index (χ1) is 15.0. The molecule has 0 radical (unpaired) electrons. The standard InChI is InChI=1S/C26H23NO4/c1-17-21-13-12-20(28)14-24(21)31-26(30)22(17)15-25(29)27-16-23(18-8-4-2-5-9-18)19-10-6-3-7-11-19/h2-14,23,28H,15-16H2,1H3,(H,27,29). The molecule has 0 aliphatic carbocycles. The summed E-state index contributed by atoms with van der Waals surface area (Å²) >= 11 is 0. The first-order valence-corrected chi connectivity index (χ1v) is 10.1. The van der Waals surface area contributed by atoms with Crippen LogP contribution in [-0.2, 0) is 11.2 Å². The lowest BCUT2D eigenvalue weighted by Crippen LogP contribution is -2.31. The van der Waals surface area contributed by atoms with E-state index in [0.29, 0.717) is 28.6 Å². The number of phenols is 1. The summed E-state index contributed by atoms with van der Waals surface area (Å²) in [5.74, 6) is -0.220. The van der Waals surface area contributed by atoms with Crippen molar-refractivity contribution in [3.63, 3.8) is 0 Å². The Hall–Kier alpha value is -3.86. The molecular weight excluding hydrogens is 390 g/mol. The molecule has 0 unspecified atom stereocenters. The van der Waals surface area contributed by atoms with Crippen LogP contribution in [0.1, 0.15) is 28.2 Å². The van der Waals surface area contributed by atoms with E-state index in [-0.39, 0.29) is 24.0 Å². The van der Waals surface area contributed by atoms with Gasteiger partial charge in [-0.3, -0.25) is 4.79 Å². The van der Waals surface area contributed by atoms with Crippen molar-refractivity contribution < 1.29 is 14.3 Å². The Balaban J connectivity index is 1.54. The second-order valence-electron chi connectivity index (χ2n) is 7.53. The summed E-state index contributed by atoms with van der Waals surface area (Å²) in [5, 5.41) is 13.3. The number of fused-ring (bicyclic) bond motifs is 1. The highest BCUT2D eigenvalue weighted by Gasteiger charge is 2.18. The number of aromatic hydroxyl groups is 1. The number of nitrogens with one attached hydrogen (secondary N) is 1. The lowest BCUT2D eigenvalue weighted by molar-refractivity contribution is -0.120. The van der Waals surface area contributed by atoms with Crippen molar-refractivity contribution in [3.8, 4) is 5.75 Å². The molecule has 1 amide bonds. The molecule has 0 bridgehead atoms. The Morgan fingerprint density at radius 3 is 2.19 bits per heavy atom. The van der Waals surface area contributed by atoms with Crippen LogP contribution in [0.25, 0.3) is 11.0 Å². The van der Waals surface area contributed by atoms with Crippen molar-refractivity contribution in [3.05, 3.63) is 112 Å². The van der Waals surface area contributed by atoms with Crippen LogP contribution in [0.2, 0.25) is 0 Å². The first-order valence-electron chi connectivity index (χ1n) is 10.1. The zero-order valence-electron chi connectivity index (χ0n) is 17.2. The number of phenolic OH excluding ortho intramolecular Hbond substituents is 1. The summed E-state index contributed by atoms with van der Waals surface area (Å²) in [6.45, 7) is 2.20. The predicted octanol–water partition coefficient (Wildman–Crippen LogP) is 4.30. The Bertz CT molecular complexity index is 1220. The number of hydrogen-bond donors (Lipinski definition) is 2. The van der Waals surface area contributed by atoms with Gasteiger partial charge in [-0.2, -0.15) is 0 Å². The van der Waals surface area contributed by atoms with Gasteiger partial charge in [0.05, 0.1) is 12.0 Å². The molecule has 5 heteroatoms. The van der Waals surface area contributed by atoms with E-state index < -0.39 is 5.63 Å². The van der Waals surface area contributed by atoms with Crippen LogP contribution >= 0.6 is 0 Å². The number of amides is 1. The van der Waals surface area contributed by atoms with E-state index >= 15 is 0 Å². The highest BCUT2D eigenvalue weighted by atomic mass is 16.4. The van der Waals surface area contributed by atoms with Crippen LogP contribution in [0.4, 0.5) is 0 Å². The van der Waals surface area contributed by atoms with Crippen molar-refractivity contribution in [2.45, 2.75) is 19.3 Å².